The molecule has 4 heteroatoms. The first-order valence-electron chi connectivity index (χ1n) is 7.85. The zero-order chi connectivity index (χ0) is 17.0. The van der Waals surface area contributed by atoms with E-state index in [1.54, 1.807) is 0 Å². The topological polar surface area (TPSA) is 51.5 Å². The Labute approximate surface area is 137 Å². The maximum Gasteiger partial charge on any atom is 0.258 e. The number of carbonyl (C=O) groups is 1. The molecule has 0 aliphatic heterocycles. The lowest BCUT2D eigenvalue weighted by Gasteiger charge is -2.19. The van der Waals surface area contributed by atoms with Crippen molar-refractivity contribution in [1.29, 1.82) is 0 Å². The molecule has 1 aromatic carbocycles. The van der Waals surface area contributed by atoms with E-state index in [0.29, 0.717) is 5.75 Å². The van der Waals surface area contributed by atoms with Gasteiger partial charge in [0.2, 0.25) is 0 Å². The number of hydrogen-bond donors (Lipinski definition) is 1. The molecule has 0 saturated carbocycles. The van der Waals surface area contributed by atoms with Crippen LogP contribution in [0.25, 0.3) is 0 Å². The van der Waals surface area contributed by atoms with Crippen molar-refractivity contribution in [2.75, 3.05) is 6.61 Å². The molecule has 1 aromatic heterocycles. The van der Waals surface area contributed by atoms with Crippen LogP contribution in [0.3, 0.4) is 0 Å². The maximum absolute atomic E-state index is 12.0. The van der Waals surface area contributed by atoms with Gasteiger partial charge in [0, 0.05) is 0 Å². The molecule has 4 nitrogen and oxygen atoms in total. The van der Waals surface area contributed by atoms with Crippen LogP contribution in [-0.4, -0.2) is 12.5 Å². The van der Waals surface area contributed by atoms with Crippen molar-refractivity contribution in [2.45, 2.75) is 46.1 Å². The Hall–Kier alpha value is -2.23. The van der Waals surface area contributed by atoms with Crippen molar-refractivity contribution in [2.24, 2.45) is 0 Å². The van der Waals surface area contributed by atoms with E-state index < -0.39 is 0 Å². The molecule has 0 spiro atoms. The summed E-state index contributed by atoms with van der Waals surface area (Å²) >= 11 is 0. The predicted octanol–water partition coefficient (Wildman–Crippen LogP) is 4.14. The minimum absolute atomic E-state index is 0.0150. The van der Waals surface area contributed by atoms with Crippen molar-refractivity contribution in [3.8, 4) is 5.75 Å². The zero-order valence-electron chi connectivity index (χ0n) is 14.5. The first-order chi connectivity index (χ1) is 10.8. The van der Waals surface area contributed by atoms with Crippen LogP contribution in [0.4, 0.5) is 0 Å². The summed E-state index contributed by atoms with van der Waals surface area (Å²) in [7, 11) is 0. The van der Waals surface area contributed by atoms with Crippen LogP contribution in [0, 0.1) is 6.92 Å². The van der Waals surface area contributed by atoms with E-state index in [1.165, 1.54) is 5.56 Å². The number of benzene rings is 1. The van der Waals surface area contributed by atoms with Crippen molar-refractivity contribution < 1.29 is 13.9 Å². The average Bonchev–Trinajstić information content (AvgIpc) is 2.91. The lowest BCUT2D eigenvalue weighted by Crippen LogP contribution is -2.31. The van der Waals surface area contributed by atoms with Gasteiger partial charge in [0.05, 0.1) is 6.04 Å². The molecule has 0 saturated heterocycles. The maximum atomic E-state index is 12.0. The highest BCUT2D eigenvalue weighted by Crippen LogP contribution is 2.24. The molecule has 0 aliphatic rings. The van der Waals surface area contributed by atoms with Gasteiger partial charge in [-0.3, -0.25) is 4.79 Å². The van der Waals surface area contributed by atoms with Crippen LogP contribution in [0.15, 0.2) is 40.8 Å². The molecular formula is C19H25NO3. The molecule has 1 N–H and O–H groups in total. The molecule has 1 amide bonds. The van der Waals surface area contributed by atoms with Gasteiger partial charge in [0.15, 0.2) is 6.61 Å². The fourth-order valence-electron chi connectivity index (χ4n) is 2.24. The summed E-state index contributed by atoms with van der Waals surface area (Å²) in [6, 6.07) is 11.4. The van der Waals surface area contributed by atoms with Crippen LogP contribution in [0.2, 0.25) is 0 Å². The van der Waals surface area contributed by atoms with E-state index >= 15 is 0 Å². The summed E-state index contributed by atoms with van der Waals surface area (Å²) < 4.78 is 11.0. The van der Waals surface area contributed by atoms with Crippen molar-refractivity contribution in [3.63, 3.8) is 0 Å². The highest BCUT2D eigenvalue weighted by atomic mass is 16.5. The van der Waals surface area contributed by atoms with E-state index in [1.807, 2.05) is 50.2 Å². The SMILES string of the molecule is Cc1ccc(C(C)NC(=O)COc2ccc(C(C)(C)C)cc2)o1. The Morgan fingerprint density at radius 2 is 1.83 bits per heavy atom. The fraction of sp³-hybridized carbons (Fsp3) is 0.421. The predicted molar refractivity (Wildman–Crippen MR) is 90.6 cm³/mol. The van der Waals surface area contributed by atoms with Crippen LogP contribution in [-0.2, 0) is 10.2 Å². The van der Waals surface area contributed by atoms with E-state index in [0.717, 1.165) is 11.5 Å². The summed E-state index contributed by atoms with van der Waals surface area (Å²) in [5.41, 5.74) is 1.34. The number of furan rings is 1. The minimum atomic E-state index is -0.178. The third kappa shape index (κ3) is 4.88. The van der Waals surface area contributed by atoms with Gasteiger partial charge in [-0.05, 0) is 49.1 Å². The van der Waals surface area contributed by atoms with Crippen LogP contribution >= 0.6 is 0 Å². The normalized spacial score (nSPS) is 12.7. The van der Waals surface area contributed by atoms with Crippen molar-refractivity contribution in [3.05, 3.63) is 53.5 Å². The first kappa shape index (κ1) is 17.1. The quantitative estimate of drug-likeness (QED) is 0.902. The molecule has 2 aromatic rings. The number of rotatable bonds is 5. The first-order valence-corrected chi connectivity index (χ1v) is 7.85. The van der Waals surface area contributed by atoms with Gasteiger partial charge in [0.1, 0.15) is 17.3 Å². The number of nitrogens with one attached hydrogen (secondary N) is 1. The lowest BCUT2D eigenvalue weighted by molar-refractivity contribution is -0.123. The fourth-order valence-corrected chi connectivity index (χ4v) is 2.24. The number of ether oxygens (including phenoxy) is 1. The molecule has 0 fully saturated rings. The Morgan fingerprint density at radius 1 is 1.17 bits per heavy atom. The second kappa shape index (κ2) is 6.90. The third-order valence-corrected chi connectivity index (χ3v) is 3.66. The molecule has 2 rings (SSSR count). The molecular weight excluding hydrogens is 290 g/mol. The Balaban J connectivity index is 1.84. The second-order valence-electron chi connectivity index (χ2n) is 6.80. The van der Waals surface area contributed by atoms with E-state index in [9.17, 15) is 4.79 Å². The summed E-state index contributed by atoms with van der Waals surface area (Å²) in [4.78, 5) is 12.0. The second-order valence-corrected chi connectivity index (χ2v) is 6.80. The number of aryl methyl sites for hydroxylation is 1. The van der Waals surface area contributed by atoms with E-state index in [-0.39, 0.29) is 24.0 Å². The molecule has 124 valence electrons. The van der Waals surface area contributed by atoms with Gasteiger partial charge in [-0.25, -0.2) is 0 Å². The van der Waals surface area contributed by atoms with Crippen LogP contribution in [0.5, 0.6) is 5.75 Å². The minimum Gasteiger partial charge on any atom is -0.484 e. The highest BCUT2D eigenvalue weighted by Gasteiger charge is 2.14. The zero-order valence-corrected chi connectivity index (χ0v) is 14.5. The molecule has 0 radical (unpaired) electrons. The van der Waals surface area contributed by atoms with E-state index in [4.69, 9.17) is 9.15 Å². The third-order valence-electron chi connectivity index (χ3n) is 3.66. The monoisotopic (exact) mass is 315 g/mol. The van der Waals surface area contributed by atoms with Crippen molar-refractivity contribution >= 4 is 5.91 Å². The molecule has 1 unspecified atom stereocenters. The standard InChI is InChI=1S/C19H25NO3/c1-13-6-11-17(23-13)14(2)20-18(21)12-22-16-9-7-15(8-10-16)19(3,4)5/h6-11,14H,12H2,1-5H3,(H,20,21). The van der Waals surface area contributed by atoms with Crippen molar-refractivity contribution in [1.82, 2.24) is 5.32 Å². The van der Waals surface area contributed by atoms with Gasteiger partial charge in [-0.2, -0.15) is 0 Å². The largest absolute Gasteiger partial charge is 0.484 e. The van der Waals surface area contributed by atoms with Gasteiger partial charge >= 0.3 is 0 Å². The van der Waals surface area contributed by atoms with Gasteiger partial charge < -0.3 is 14.5 Å². The number of amides is 1. The van der Waals surface area contributed by atoms with E-state index in [2.05, 4.69) is 26.1 Å². The lowest BCUT2D eigenvalue weighted by atomic mass is 9.87. The number of hydrogen-bond acceptors (Lipinski definition) is 3. The molecule has 1 heterocycles. The summed E-state index contributed by atoms with van der Waals surface area (Å²) in [6.07, 6.45) is 0. The summed E-state index contributed by atoms with van der Waals surface area (Å²) in [5.74, 6) is 2.09. The molecule has 23 heavy (non-hydrogen) atoms. The number of carbonyl (C=O) groups excluding carboxylic acids is 1. The Bertz CT molecular complexity index is 650. The summed E-state index contributed by atoms with van der Waals surface area (Å²) in [6.45, 7) is 10.2. The van der Waals surface area contributed by atoms with Crippen LogP contribution in [0.1, 0.15) is 50.8 Å². The van der Waals surface area contributed by atoms with Gasteiger partial charge in [-0.15, -0.1) is 0 Å². The van der Waals surface area contributed by atoms with Gasteiger partial charge in [-0.1, -0.05) is 32.9 Å². The molecule has 0 bridgehead atoms. The summed E-state index contributed by atoms with van der Waals surface area (Å²) in [5, 5.41) is 2.86. The molecule has 0 aliphatic carbocycles. The Kier molecular flexibility index (Phi) is 5.14. The van der Waals surface area contributed by atoms with Gasteiger partial charge in [0.25, 0.3) is 5.91 Å². The Morgan fingerprint density at radius 3 is 2.35 bits per heavy atom. The highest BCUT2D eigenvalue weighted by molar-refractivity contribution is 5.77. The average molecular weight is 315 g/mol. The molecule has 1 atom stereocenters. The van der Waals surface area contributed by atoms with Crippen LogP contribution < -0.4 is 10.1 Å². The smallest absolute Gasteiger partial charge is 0.258 e.